The zero-order valence-corrected chi connectivity index (χ0v) is 15.1. The molecule has 2 atom stereocenters. The molecule has 0 spiro atoms. The third kappa shape index (κ3) is 2.92. The Morgan fingerprint density at radius 2 is 2.04 bits per heavy atom. The predicted molar refractivity (Wildman–Crippen MR) is 102 cm³/mol. The third-order valence-corrected chi connectivity index (χ3v) is 5.39. The van der Waals surface area contributed by atoms with E-state index in [0.29, 0.717) is 12.5 Å². The maximum atomic E-state index is 12.9. The van der Waals surface area contributed by atoms with E-state index in [2.05, 4.69) is 33.8 Å². The molecule has 1 aromatic carbocycles. The fourth-order valence-corrected chi connectivity index (χ4v) is 3.80. The molecule has 6 heteroatoms. The first kappa shape index (κ1) is 16.6. The number of anilines is 1. The van der Waals surface area contributed by atoms with Gasteiger partial charge in [-0.05, 0) is 30.5 Å². The average molecular weight is 349 g/mol. The van der Waals surface area contributed by atoms with Gasteiger partial charge < -0.3 is 14.8 Å². The number of hydrogen-bond donors (Lipinski definition) is 1. The summed E-state index contributed by atoms with van der Waals surface area (Å²) in [5.41, 5.74) is 1.58. The van der Waals surface area contributed by atoms with Gasteiger partial charge in [-0.1, -0.05) is 25.1 Å². The molecule has 0 bridgehead atoms. The van der Waals surface area contributed by atoms with Gasteiger partial charge in [0.25, 0.3) is 5.91 Å². The molecular weight excluding hydrogens is 326 g/mol. The molecule has 0 aliphatic carbocycles. The van der Waals surface area contributed by atoms with Crippen LogP contribution in [0.25, 0.3) is 11.0 Å². The SMILES string of the molecule is CC1CCN(C(=O)c2ccccc2)CC1N(C)c1ncnc2[nH]ccc12. The first-order valence-corrected chi connectivity index (χ1v) is 9.00. The number of carbonyl (C=O) groups excluding carboxylic acids is 1. The zero-order valence-electron chi connectivity index (χ0n) is 15.1. The molecule has 4 rings (SSSR count). The zero-order chi connectivity index (χ0) is 18.1. The van der Waals surface area contributed by atoms with Crippen LogP contribution in [0.1, 0.15) is 23.7 Å². The van der Waals surface area contributed by atoms with Crippen molar-refractivity contribution in [3.05, 3.63) is 54.5 Å². The Morgan fingerprint density at radius 3 is 2.85 bits per heavy atom. The van der Waals surface area contributed by atoms with E-state index in [9.17, 15) is 4.79 Å². The molecule has 1 N–H and O–H groups in total. The quantitative estimate of drug-likeness (QED) is 0.789. The van der Waals surface area contributed by atoms with Gasteiger partial charge in [0, 0.05) is 31.9 Å². The van der Waals surface area contributed by atoms with E-state index in [4.69, 9.17) is 0 Å². The normalized spacial score (nSPS) is 20.3. The van der Waals surface area contributed by atoms with Gasteiger partial charge in [-0.25, -0.2) is 9.97 Å². The van der Waals surface area contributed by atoms with Crippen molar-refractivity contribution < 1.29 is 4.79 Å². The van der Waals surface area contributed by atoms with Gasteiger partial charge in [0.05, 0.1) is 11.4 Å². The number of rotatable bonds is 3. The van der Waals surface area contributed by atoms with Crippen LogP contribution in [-0.4, -0.2) is 51.9 Å². The summed E-state index contributed by atoms with van der Waals surface area (Å²) in [5, 5.41) is 1.01. The van der Waals surface area contributed by atoms with Crippen LogP contribution in [0.2, 0.25) is 0 Å². The van der Waals surface area contributed by atoms with Crippen LogP contribution in [0.15, 0.2) is 48.9 Å². The minimum absolute atomic E-state index is 0.102. The first-order chi connectivity index (χ1) is 12.6. The number of carbonyl (C=O) groups is 1. The van der Waals surface area contributed by atoms with Gasteiger partial charge >= 0.3 is 0 Å². The van der Waals surface area contributed by atoms with Crippen LogP contribution >= 0.6 is 0 Å². The summed E-state index contributed by atoms with van der Waals surface area (Å²) in [4.78, 5) is 28.9. The Hall–Kier alpha value is -2.89. The van der Waals surface area contributed by atoms with Gasteiger partial charge in [0.2, 0.25) is 0 Å². The number of H-pyrrole nitrogens is 1. The van der Waals surface area contributed by atoms with E-state index in [1.807, 2.05) is 47.5 Å². The number of nitrogens with one attached hydrogen (secondary N) is 1. The summed E-state index contributed by atoms with van der Waals surface area (Å²) in [6.07, 6.45) is 4.45. The number of benzene rings is 1. The number of amides is 1. The fraction of sp³-hybridized carbons (Fsp3) is 0.350. The van der Waals surface area contributed by atoms with E-state index in [0.717, 1.165) is 35.4 Å². The Morgan fingerprint density at radius 1 is 1.23 bits per heavy atom. The van der Waals surface area contributed by atoms with Crippen LogP contribution in [-0.2, 0) is 0 Å². The van der Waals surface area contributed by atoms with Crippen molar-refractivity contribution in [2.24, 2.45) is 5.92 Å². The second-order valence-electron chi connectivity index (χ2n) is 7.00. The number of likely N-dealkylation sites (tertiary alicyclic amines) is 1. The molecule has 2 aromatic heterocycles. The second-order valence-corrected chi connectivity index (χ2v) is 7.00. The molecule has 26 heavy (non-hydrogen) atoms. The minimum Gasteiger partial charge on any atom is -0.354 e. The lowest BCUT2D eigenvalue weighted by molar-refractivity contribution is 0.0670. The highest BCUT2D eigenvalue weighted by molar-refractivity contribution is 5.94. The van der Waals surface area contributed by atoms with Crippen molar-refractivity contribution in [3.8, 4) is 0 Å². The molecule has 6 nitrogen and oxygen atoms in total. The van der Waals surface area contributed by atoms with Crippen molar-refractivity contribution in [1.82, 2.24) is 19.9 Å². The number of aromatic nitrogens is 3. The standard InChI is InChI=1S/C20H23N5O/c1-14-9-11-25(20(26)15-6-4-3-5-7-15)12-17(14)24(2)19-16-8-10-21-18(16)22-13-23-19/h3-8,10,13-14,17H,9,11-12H2,1-2H3,(H,21,22,23). The van der Waals surface area contributed by atoms with Crippen molar-refractivity contribution in [1.29, 1.82) is 0 Å². The summed E-state index contributed by atoms with van der Waals surface area (Å²) in [7, 11) is 2.06. The van der Waals surface area contributed by atoms with E-state index < -0.39 is 0 Å². The molecule has 134 valence electrons. The third-order valence-electron chi connectivity index (χ3n) is 5.39. The molecule has 1 fully saturated rings. The number of likely N-dealkylation sites (N-methyl/N-ethyl adjacent to an activating group) is 1. The van der Waals surface area contributed by atoms with Crippen molar-refractivity contribution in [2.45, 2.75) is 19.4 Å². The average Bonchev–Trinajstić information content (AvgIpc) is 3.17. The van der Waals surface area contributed by atoms with Crippen LogP contribution in [0.3, 0.4) is 0 Å². The second kappa shape index (κ2) is 6.78. The van der Waals surface area contributed by atoms with Crippen LogP contribution in [0.4, 0.5) is 5.82 Å². The Bertz CT molecular complexity index is 907. The lowest BCUT2D eigenvalue weighted by atomic mass is 9.91. The highest BCUT2D eigenvalue weighted by Gasteiger charge is 2.33. The molecule has 3 aromatic rings. The number of aromatic amines is 1. The first-order valence-electron chi connectivity index (χ1n) is 9.00. The van der Waals surface area contributed by atoms with E-state index in [-0.39, 0.29) is 11.9 Å². The Kier molecular flexibility index (Phi) is 4.32. The molecule has 2 unspecified atom stereocenters. The van der Waals surface area contributed by atoms with Crippen molar-refractivity contribution >= 4 is 22.8 Å². The Balaban J connectivity index is 1.59. The fourth-order valence-electron chi connectivity index (χ4n) is 3.80. The molecule has 1 aliphatic heterocycles. The van der Waals surface area contributed by atoms with E-state index in [1.165, 1.54) is 0 Å². The monoisotopic (exact) mass is 349 g/mol. The lowest BCUT2D eigenvalue weighted by Crippen LogP contribution is -2.52. The van der Waals surface area contributed by atoms with Crippen LogP contribution < -0.4 is 4.90 Å². The van der Waals surface area contributed by atoms with Crippen LogP contribution in [0, 0.1) is 5.92 Å². The van der Waals surface area contributed by atoms with Crippen LogP contribution in [0.5, 0.6) is 0 Å². The minimum atomic E-state index is 0.102. The number of nitrogens with zero attached hydrogens (tertiary/aromatic N) is 4. The van der Waals surface area contributed by atoms with Gasteiger partial charge in [-0.2, -0.15) is 0 Å². The van der Waals surface area contributed by atoms with Crippen molar-refractivity contribution in [2.75, 3.05) is 25.0 Å². The summed E-state index contributed by atoms with van der Waals surface area (Å²) in [6, 6.07) is 11.7. The van der Waals surface area contributed by atoms with Crippen molar-refractivity contribution in [3.63, 3.8) is 0 Å². The topological polar surface area (TPSA) is 65.1 Å². The number of fused-ring (bicyclic) bond motifs is 1. The van der Waals surface area contributed by atoms with Gasteiger partial charge in [0.15, 0.2) is 0 Å². The highest BCUT2D eigenvalue weighted by Crippen LogP contribution is 2.29. The molecule has 1 saturated heterocycles. The molecule has 1 aliphatic rings. The van der Waals surface area contributed by atoms with Gasteiger partial charge in [-0.3, -0.25) is 4.79 Å². The van der Waals surface area contributed by atoms with E-state index >= 15 is 0 Å². The molecule has 0 saturated carbocycles. The smallest absolute Gasteiger partial charge is 0.253 e. The summed E-state index contributed by atoms with van der Waals surface area (Å²) in [6.45, 7) is 3.74. The number of hydrogen-bond acceptors (Lipinski definition) is 4. The summed E-state index contributed by atoms with van der Waals surface area (Å²) >= 11 is 0. The molecular formula is C20H23N5O. The Labute approximate surface area is 152 Å². The van der Waals surface area contributed by atoms with E-state index in [1.54, 1.807) is 6.33 Å². The summed E-state index contributed by atoms with van der Waals surface area (Å²) < 4.78 is 0. The largest absolute Gasteiger partial charge is 0.354 e. The molecule has 1 amide bonds. The molecule has 3 heterocycles. The van der Waals surface area contributed by atoms with Gasteiger partial charge in [-0.15, -0.1) is 0 Å². The maximum absolute atomic E-state index is 12.9. The maximum Gasteiger partial charge on any atom is 0.253 e. The van der Waals surface area contributed by atoms with Gasteiger partial charge in [0.1, 0.15) is 17.8 Å². The highest BCUT2D eigenvalue weighted by atomic mass is 16.2. The molecule has 0 radical (unpaired) electrons. The lowest BCUT2D eigenvalue weighted by Gasteiger charge is -2.42. The summed E-state index contributed by atoms with van der Waals surface area (Å²) in [5.74, 6) is 1.48. The number of piperidine rings is 1. The predicted octanol–water partition coefficient (Wildman–Crippen LogP) is 2.94.